The van der Waals surface area contributed by atoms with Gasteiger partial charge in [0, 0.05) is 9.65 Å². The molecule has 0 aromatic rings. The van der Waals surface area contributed by atoms with E-state index in [0.29, 0.717) is 5.92 Å². The number of rotatable bonds is 4. The standard InChI is InChI=1S/C8H16Br2O/c1-6(2)7(11)4-8(3,10)5-9/h6-7,11H,4-5H2,1-3H3. The van der Waals surface area contributed by atoms with E-state index in [4.69, 9.17) is 0 Å². The van der Waals surface area contributed by atoms with Crippen molar-refractivity contribution in [2.24, 2.45) is 5.92 Å². The lowest BCUT2D eigenvalue weighted by Crippen LogP contribution is -2.28. The molecule has 0 radical (unpaired) electrons. The van der Waals surface area contributed by atoms with E-state index in [0.717, 1.165) is 11.8 Å². The van der Waals surface area contributed by atoms with E-state index in [1.165, 1.54) is 0 Å². The third kappa shape index (κ3) is 5.21. The van der Waals surface area contributed by atoms with Gasteiger partial charge < -0.3 is 5.11 Å². The highest BCUT2D eigenvalue weighted by Crippen LogP contribution is 2.27. The lowest BCUT2D eigenvalue weighted by molar-refractivity contribution is 0.109. The van der Waals surface area contributed by atoms with Crippen molar-refractivity contribution in [3.8, 4) is 0 Å². The second kappa shape index (κ2) is 4.83. The summed E-state index contributed by atoms with van der Waals surface area (Å²) in [5.74, 6) is 0.339. The van der Waals surface area contributed by atoms with Crippen molar-refractivity contribution >= 4 is 31.9 Å². The maximum Gasteiger partial charge on any atom is 0.0576 e. The monoisotopic (exact) mass is 286 g/mol. The highest BCUT2D eigenvalue weighted by atomic mass is 79.9. The van der Waals surface area contributed by atoms with Gasteiger partial charge in [-0.3, -0.25) is 0 Å². The van der Waals surface area contributed by atoms with Crippen LogP contribution in [0.1, 0.15) is 27.2 Å². The number of hydrogen-bond donors (Lipinski definition) is 1. The van der Waals surface area contributed by atoms with Gasteiger partial charge in [0.1, 0.15) is 0 Å². The van der Waals surface area contributed by atoms with Crippen molar-refractivity contribution < 1.29 is 5.11 Å². The highest BCUT2D eigenvalue weighted by molar-refractivity contribution is 9.12. The number of aliphatic hydroxyl groups is 1. The molecular formula is C8H16Br2O. The summed E-state index contributed by atoms with van der Waals surface area (Å²) in [7, 11) is 0. The van der Waals surface area contributed by atoms with Gasteiger partial charge in [0.05, 0.1) is 6.10 Å². The SMILES string of the molecule is CC(C)C(O)CC(C)(Br)CBr. The number of halogens is 2. The van der Waals surface area contributed by atoms with Crippen molar-refractivity contribution in [1.82, 2.24) is 0 Å². The van der Waals surface area contributed by atoms with Crippen molar-refractivity contribution in [3.05, 3.63) is 0 Å². The minimum atomic E-state index is -0.211. The minimum absolute atomic E-state index is 0.0245. The largest absolute Gasteiger partial charge is 0.393 e. The topological polar surface area (TPSA) is 20.2 Å². The van der Waals surface area contributed by atoms with Crippen LogP contribution in [-0.2, 0) is 0 Å². The Bertz CT molecular complexity index is 113. The van der Waals surface area contributed by atoms with E-state index < -0.39 is 0 Å². The number of aliphatic hydroxyl groups excluding tert-OH is 1. The zero-order valence-corrected chi connectivity index (χ0v) is 10.4. The van der Waals surface area contributed by atoms with Crippen LogP contribution in [0.15, 0.2) is 0 Å². The molecule has 0 saturated heterocycles. The van der Waals surface area contributed by atoms with E-state index in [1.54, 1.807) is 0 Å². The molecule has 2 unspecified atom stereocenters. The van der Waals surface area contributed by atoms with E-state index in [9.17, 15) is 5.11 Å². The Kier molecular flexibility index (Phi) is 5.23. The van der Waals surface area contributed by atoms with Gasteiger partial charge in [-0.1, -0.05) is 45.7 Å². The van der Waals surface area contributed by atoms with Gasteiger partial charge in [0.25, 0.3) is 0 Å². The molecule has 0 aromatic heterocycles. The Morgan fingerprint density at radius 3 is 2.18 bits per heavy atom. The predicted molar refractivity (Wildman–Crippen MR) is 56.6 cm³/mol. The first-order chi connectivity index (χ1) is 4.89. The first kappa shape index (κ1) is 11.9. The maximum atomic E-state index is 9.54. The minimum Gasteiger partial charge on any atom is -0.393 e. The zero-order chi connectivity index (χ0) is 9.07. The van der Waals surface area contributed by atoms with Crippen LogP contribution in [0.4, 0.5) is 0 Å². The van der Waals surface area contributed by atoms with Crippen molar-refractivity contribution in [2.75, 3.05) is 5.33 Å². The highest BCUT2D eigenvalue weighted by Gasteiger charge is 2.24. The summed E-state index contributed by atoms with van der Waals surface area (Å²) in [4.78, 5) is 0. The predicted octanol–water partition coefficient (Wildman–Crippen LogP) is 2.94. The molecule has 0 aliphatic heterocycles. The molecule has 0 rings (SSSR count). The molecule has 0 heterocycles. The normalized spacial score (nSPS) is 19.9. The maximum absolute atomic E-state index is 9.54. The summed E-state index contributed by atoms with van der Waals surface area (Å²) in [6.07, 6.45) is 0.576. The third-order valence-electron chi connectivity index (χ3n) is 1.68. The Labute approximate surface area is 85.8 Å². The first-order valence-electron chi connectivity index (χ1n) is 3.82. The molecule has 1 N–H and O–H groups in total. The van der Waals surface area contributed by atoms with E-state index in [2.05, 4.69) is 38.8 Å². The second-order valence-electron chi connectivity index (χ2n) is 3.56. The van der Waals surface area contributed by atoms with Gasteiger partial charge in [0.2, 0.25) is 0 Å². The molecule has 68 valence electrons. The van der Waals surface area contributed by atoms with Crippen LogP contribution in [0, 0.1) is 5.92 Å². The quantitative estimate of drug-likeness (QED) is 0.789. The molecular weight excluding hydrogens is 272 g/mol. The fourth-order valence-electron chi connectivity index (χ4n) is 0.726. The van der Waals surface area contributed by atoms with E-state index >= 15 is 0 Å². The summed E-state index contributed by atoms with van der Waals surface area (Å²) < 4.78 is 0.0245. The molecule has 0 fully saturated rings. The molecule has 0 amide bonds. The average Bonchev–Trinajstić information content (AvgIpc) is 1.87. The Hall–Kier alpha value is 0.920. The fourth-order valence-corrected chi connectivity index (χ4v) is 1.29. The Morgan fingerprint density at radius 1 is 1.45 bits per heavy atom. The lowest BCUT2D eigenvalue weighted by atomic mass is 9.97. The van der Waals surface area contributed by atoms with Crippen LogP contribution in [0.2, 0.25) is 0 Å². The summed E-state index contributed by atoms with van der Waals surface area (Å²) in [6.45, 7) is 6.14. The molecule has 3 heteroatoms. The van der Waals surface area contributed by atoms with Crippen LogP contribution in [0.3, 0.4) is 0 Å². The van der Waals surface area contributed by atoms with Crippen LogP contribution >= 0.6 is 31.9 Å². The van der Waals surface area contributed by atoms with Crippen LogP contribution in [0.25, 0.3) is 0 Å². The Morgan fingerprint density at radius 2 is 1.91 bits per heavy atom. The van der Waals surface area contributed by atoms with Gasteiger partial charge in [0.15, 0.2) is 0 Å². The van der Waals surface area contributed by atoms with Crippen molar-refractivity contribution in [2.45, 2.75) is 37.6 Å². The molecule has 0 saturated carbocycles. The summed E-state index contributed by atoms with van der Waals surface area (Å²) in [5.41, 5.74) is 0. The molecule has 11 heavy (non-hydrogen) atoms. The summed E-state index contributed by atoms with van der Waals surface area (Å²) in [6, 6.07) is 0. The average molecular weight is 288 g/mol. The lowest BCUT2D eigenvalue weighted by Gasteiger charge is -2.24. The van der Waals surface area contributed by atoms with Crippen LogP contribution in [-0.4, -0.2) is 20.9 Å². The second-order valence-corrected chi connectivity index (χ2v) is 6.04. The Balaban J connectivity index is 3.83. The molecule has 1 nitrogen and oxygen atoms in total. The number of alkyl halides is 2. The summed E-state index contributed by atoms with van der Waals surface area (Å²) >= 11 is 6.93. The molecule has 0 aliphatic carbocycles. The molecule has 2 atom stereocenters. The van der Waals surface area contributed by atoms with Gasteiger partial charge in [-0.05, 0) is 19.3 Å². The van der Waals surface area contributed by atoms with Crippen LogP contribution < -0.4 is 0 Å². The molecule has 0 aliphatic rings. The molecule has 0 spiro atoms. The first-order valence-corrected chi connectivity index (χ1v) is 5.73. The third-order valence-corrected chi connectivity index (χ3v) is 4.28. The summed E-state index contributed by atoms with van der Waals surface area (Å²) in [5, 5.41) is 10.4. The number of hydrogen-bond acceptors (Lipinski definition) is 1. The van der Waals surface area contributed by atoms with Crippen molar-refractivity contribution in [1.29, 1.82) is 0 Å². The molecule has 0 aromatic carbocycles. The van der Waals surface area contributed by atoms with E-state index in [-0.39, 0.29) is 10.4 Å². The zero-order valence-electron chi connectivity index (χ0n) is 7.27. The van der Waals surface area contributed by atoms with Gasteiger partial charge in [-0.2, -0.15) is 0 Å². The van der Waals surface area contributed by atoms with Crippen molar-refractivity contribution in [3.63, 3.8) is 0 Å². The van der Waals surface area contributed by atoms with Gasteiger partial charge >= 0.3 is 0 Å². The smallest absolute Gasteiger partial charge is 0.0576 e. The van der Waals surface area contributed by atoms with Gasteiger partial charge in [-0.25, -0.2) is 0 Å². The fraction of sp³-hybridized carbons (Fsp3) is 1.00. The van der Waals surface area contributed by atoms with Crippen LogP contribution in [0.5, 0.6) is 0 Å². The molecule has 0 bridgehead atoms. The van der Waals surface area contributed by atoms with E-state index in [1.807, 2.05) is 13.8 Å². The van der Waals surface area contributed by atoms with Gasteiger partial charge in [-0.15, -0.1) is 0 Å².